The van der Waals surface area contributed by atoms with Crippen LogP contribution in [0.1, 0.15) is 0 Å². The minimum atomic E-state index is -0.200. The predicted molar refractivity (Wildman–Crippen MR) is 100 cm³/mol. The van der Waals surface area contributed by atoms with Crippen LogP contribution in [-0.2, 0) is 23.7 Å². The van der Waals surface area contributed by atoms with Crippen molar-refractivity contribution in [3.63, 3.8) is 0 Å². The van der Waals surface area contributed by atoms with E-state index in [0.29, 0.717) is 66.1 Å². The van der Waals surface area contributed by atoms with Crippen molar-refractivity contribution >= 4 is 10.9 Å². The lowest BCUT2D eigenvalue weighted by Crippen LogP contribution is -2.29. The number of ether oxygens (including phenoxy) is 6. The van der Waals surface area contributed by atoms with Crippen LogP contribution in [0.4, 0.5) is 0 Å². The predicted octanol–water partition coefficient (Wildman–Crippen LogP) is 2.08. The summed E-state index contributed by atoms with van der Waals surface area (Å²) in [4.78, 5) is 4.41. The number of pyridine rings is 1. The molecule has 1 aliphatic heterocycles. The number of nitrogens with zero attached hydrogens (tertiary/aromatic N) is 1. The molecule has 0 bridgehead atoms. The highest BCUT2D eigenvalue weighted by Crippen LogP contribution is 2.23. The molecule has 0 N–H and O–H groups in total. The zero-order chi connectivity index (χ0) is 18.6. The van der Waals surface area contributed by atoms with E-state index in [1.807, 2.05) is 30.3 Å². The molecule has 0 aliphatic carbocycles. The Kier molecular flexibility index (Phi) is 8.76. The molecule has 0 amide bonds. The Morgan fingerprint density at radius 3 is 2.26 bits per heavy atom. The van der Waals surface area contributed by atoms with Crippen molar-refractivity contribution in [2.45, 2.75) is 6.10 Å². The van der Waals surface area contributed by atoms with E-state index >= 15 is 0 Å². The Balaban J connectivity index is 1.53. The molecular formula is C20H27NO6. The maximum absolute atomic E-state index is 5.99. The molecule has 0 radical (unpaired) electrons. The molecule has 1 fully saturated rings. The van der Waals surface area contributed by atoms with Gasteiger partial charge < -0.3 is 28.4 Å². The number of fused-ring (bicyclic) bond motifs is 1. The van der Waals surface area contributed by atoms with Gasteiger partial charge in [0.25, 0.3) is 0 Å². The first-order chi connectivity index (χ1) is 13.4. The van der Waals surface area contributed by atoms with Gasteiger partial charge in [-0.25, -0.2) is 0 Å². The van der Waals surface area contributed by atoms with E-state index in [0.717, 1.165) is 16.7 Å². The molecule has 1 aromatic carbocycles. The number of benzene rings is 1. The van der Waals surface area contributed by atoms with Crippen molar-refractivity contribution in [1.29, 1.82) is 0 Å². The molecule has 27 heavy (non-hydrogen) atoms. The zero-order valence-corrected chi connectivity index (χ0v) is 15.5. The molecule has 148 valence electrons. The molecule has 1 aromatic heterocycles. The van der Waals surface area contributed by atoms with Crippen molar-refractivity contribution in [2.24, 2.45) is 0 Å². The van der Waals surface area contributed by atoms with Crippen LogP contribution in [0.25, 0.3) is 10.9 Å². The van der Waals surface area contributed by atoms with Gasteiger partial charge in [0.1, 0.15) is 24.0 Å². The van der Waals surface area contributed by atoms with E-state index in [1.165, 1.54) is 0 Å². The van der Waals surface area contributed by atoms with Gasteiger partial charge in [0.05, 0.1) is 59.5 Å². The monoisotopic (exact) mass is 377 g/mol. The Labute approximate surface area is 159 Å². The second-order valence-electron chi connectivity index (χ2n) is 6.05. The van der Waals surface area contributed by atoms with E-state index < -0.39 is 0 Å². The van der Waals surface area contributed by atoms with Gasteiger partial charge in [-0.1, -0.05) is 18.2 Å². The van der Waals surface area contributed by atoms with Crippen LogP contribution in [0.3, 0.4) is 0 Å². The second kappa shape index (κ2) is 11.8. The minimum Gasteiger partial charge on any atom is -0.488 e. The summed E-state index contributed by atoms with van der Waals surface area (Å²) in [5, 5.41) is 1.04. The van der Waals surface area contributed by atoms with Crippen molar-refractivity contribution in [1.82, 2.24) is 4.98 Å². The third kappa shape index (κ3) is 7.04. The lowest BCUT2D eigenvalue weighted by Gasteiger charge is -2.19. The van der Waals surface area contributed by atoms with Gasteiger partial charge in [0.2, 0.25) is 0 Å². The lowest BCUT2D eigenvalue weighted by atomic mass is 10.2. The number of para-hydroxylation sites is 1. The molecule has 0 saturated carbocycles. The molecule has 1 atom stereocenters. The fraction of sp³-hybridized carbons (Fsp3) is 0.550. The number of rotatable bonds is 3. The first-order valence-electron chi connectivity index (χ1n) is 9.32. The molecule has 3 rings (SSSR count). The summed E-state index contributed by atoms with van der Waals surface area (Å²) in [7, 11) is 0. The number of hydrogen-bond donors (Lipinski definition) is 0. The maximum atomic E-state index is 5.99. The maximum Gasteiger partial charge on any atom is 0.145 e. The van der Waals surface area contributed by atoms with Gasteiger partial charge in [-0.15, -0.1) is 0 Å². The average molecular weight is 377 g/mol. The van der Waals surface area contributed by atoms with E-state index in [4.69, 9.17) is 28.4 Å². The summed E-state index contributed by atoms with van der Waals surface area (Å²) in [6.07, 6.45) is 1.56. The highest BCUT2D eigenvalue weighted by atomic mass is 16.6. The topological polar surface area (TPSA) is 68.3 Å². The van der Waals surface area contributed by atoms with Gasteiger partial charge in [-0.05, 0) is 12.1 Å². The Bertz CT molecular complexity index is 646. The van der Waals surface area contributed by atoms with Crippen molar-refractivity contribution < 1.29 is 28.4 Å². The Morgan fingerprint density at radius 1 is 0.815 bits per heavy atom. The third-order valence-corrected chi connectivity index (χ3v) is 4.02. The average Bonchev–Trinajstić information content (AvgIpc) is 2.72. The lowest BCUT2D eigenvalue weighted by molar-refractivity contribution is -0.0604. The molecule has 2 heterocycles. The zero-order valence-electron chi connectivity index (χ0n) is 15.5. The van der Waals surface area contributed by atoms with Crippen LogP contribution in [0, 0.1) is 0 Å². The summed E-state index contributed by atoms with van der Waals surface area (Å²) < 4.78 is 33.9. The highest BCUT2D eigenvalue weighted by Gasteiger charge is 2.13. The summed E-state index contributed by atoms with van der Waals surface area (Å²) in [5.74, 6) is 0.740. The summed E-state index contributed by atoms with van der Waals surface area (Å²) >= 11 is 0. The fourth-order valence-corrected chi connectivity index (χ4v) is 2.67. The molecule has 0 spiro atoms. The van der Waals surface area contributed by atoms with Crippen molar-refractivity contribution in [3.05, 3.63) is 36.5 Å². The van der Waals surface area contributed by atoms with Gasteiger partial charge >= 0.3 is 0 Å². The van der Waals surface area contributed by atoms with E-state index in [1.54, 1.807) is 6.20 Å². The van der Waals surface area contributed by atoms with Crippen LogP contribution in [-0.4, -0.2) is 77.2 Å². The molecule has 7 heteroatoms. The Hall–Kier alpha value is -1.77. The first-order valence-corrected chi connectivity index (χ1v) is 9.32. The second-order valence-corrected chi connectivity index (χ2v) is 6.05. The summed E-state index contributed by atoms with van der Waals surface area (Å²) in [6, 6.07) is 9.82. The normalized spacial score (nSPS) is 21.3. The van der Waals surface area contributed by atoms with Gasteiger partial charge in [-0.3, -0.25) is 4.98 Å². The largest absolute Gasteiger partial charge is 0.488 e. The van der Waals surface area contributed by atoms with Crippen LogP contribution in [0.2, 0.25) is 0 Å². The SMILES string of the molecule is c1cnc2c(OCC3COCCOCCOCCOCCO3)cccc2c1. The van der Waals surface area contributed by atoms with Gasteiger partial charge in [0, 0.05) is 11.6 Å². The van der Waals surface area contributed by atoms with Crippen LogP contribution in [0.15, 0.2) is 36.5 Å². The van der Waals surface area contributed by atoms with E-state index in [2.05, 4.69) is 4.98 Å². The minimum absolute atomic E-state index is 0.200. The molecule has 1 saturated heterocycles. The van der Waals surface area contributed by atoms with Gasteiger partial charge in [0.15, 0.2) is 0 Å². The summed E-state index contributed by atoms with van der Waals surface area (Å²) in [6.45, 7) is 5.04. The van der Waals surface area contributed by atoms with Crippen LogP contribution >= 0.6 is 0 Å². The van der Waals surface area contributed by atoms with E-state index in [-0.39, 0.29) is 6.10 Å². The van der Waals surface area contributed by atoms with Gasteiger partial charge in [-0.2, -0.15) is 0 Å². The van der Waals surface area contributed by atoms with Crippen LogP contribution < -0.4 is 4.74 Å². The number of hydrogen-bond acceptors (Lipinski definition) is 7. The highest BCUT2D eigenvalue weighted by molar-refractivity contribution is 5.84. The molecule has 7 nitrogen and oxygen atoms in total. The molecule has 2 aromatic rings. The first kappa shape index (κ1) is 20.0. The third-order valence-electron chi connectivity index (χ3n) is 4.02. The van der Waals surface area contributed by atoms with Crippen molar-refractivity contribution in [2.75, 3.05) is 66.1 Å². The summed E-state index contributed by atoms with van der Waals surface area (Å²) in [5.41, 5.74) is 0.842. The Morgan fingerprint density at radius 2 is 1.48 bits per heavy atom. The fourth-order valence-electron chi connectivity index (χ4n) is 2.67. The molecular weight excluding hydrogens is 350 g/mol. The van der Waals surface area contributed by atoms with Crippen molar-refractivity contribution in [3.8, 4) is 5.75 Å². The quantitative estimate of drug-likeness (QED) is 0.811. The standard InChI is InChI=1S/C20H27NO6/c1-3-17-4-2-6-21-20(17)19(5-1)27-16-18-15-25-12-11-23-8-7-22-9-10-24-13-14-26-18/h1-6,18H,7-16H2. The van der Waals surface area contributed by atoms with E-state index in [9.17, 15) is 0 Å². The molecule has 1 unspecified atom stereocenters. The molecule has 1 aliphatic rings. The smallest absolute Gasteiger partial charge is 0.145 e. The number of aromatic nitrogens is 1. The van der Waals surface area contributed by atoms with Crippen LogP contribution in [0.5, 0.6) is 5.75 Å².